The molecule has 0 bridgehead atoms. The average Bonchev–Trinajstić information content (AvgIpc) is 2.78. The van der Waals surface area contributed by atoms with Gasteiger partial charge in [0, 0.05) is 16.8 Å². The van der Waals surface area contributed by atoms with Crippen molar-refractivity contribution in [3.05, 3.63) is 95.6 Å². The average molecular weight is 421 g/mol. The standard InChI is InChI=1S/C22H19N3O4S/c26-20(24-22(30)23-18-10-6-17(7-11-18)21(27)25-28)16-8-12-19(13-9-16)29-14-15-4-2-1-3-5-15/h1-13,28H,14H2,(H,25,27)(H2,23,24,26,30). The van der Waals surface area contributed by atoms with Crippen molar-refractivity contribution in [1.29, 1.82) is 0 Å². The first-order valence-corrected chi connectivity index (χ1v) is 9.39. The van der Waals surface area contributed by atoms with Crippen molar-refractivity contribution >= 4 is 34.8 Å². The molecule has 0 unspecified atom stereocenters. The van der Waals surface area contributed by atoms with E-state index in [1.54, 1.807) is 41.9 Å². The fourth-order valence-corrected chi connectivity index (χ4v) is 2.76. The molecule has 0 aliphatic carbocycles. The maximum Gasteiger partial charge on any atom is 0.274 e. The lowest BCUT2D eigenvalue weighted by atomic mass is 10.2. The summed E-state index contributed by atoms with van der Waals surface area (Å²) >= 11 is 5.15. The Bertz CT molecular complexity index is 1020. The van der Waals surface area contributed by atoms with Gasteiger partial charge in [-0.15, -0.1) is 0 Å². The van der Waals surface area contributed by atoms with Crippen LogP contribution in [0.25, 0.3) is 0 Å². The highest BCUT2D eigenvalue weighted by atomic mass is 32.1. The minimum Gasteiger partial charge on any atom is -0.489 e. The summed E-state index contributed by atoms with van der Waals surface area (Å²) in [7, 11) is 0. The second-order valence-corrected chi connectivity index (χ2v) is 6.63. The molecule has 8 heteroatoms. The first-order chi connectivity index (χ1) is 14.5. The van der Waals surface area contributed by atoms with Gasteiger partial charge in [-0.1, -0.05) is 30.3 Å². The first-order valence-electron chi connectivity index (χ1n) is 8.99. The molecule has 3 aromatic rings. The summed E-state index contributed by atoms with van der Waals surface area (Å²) in [6.07, 6.45) is 0. The maximum absolute atomic E-state index is 12.4. The Morgan fingerprint density at radius 2 is 1.43 bits per heavy atom. The van der Waals surface area contributed by atoms with Gasteiger partial charge in [-0.05, 0) is 66.3 Å². The molecule has 3 rings (SSSR count). The fourth-order valence-electron chi connectivity index (χ4n) is 2.55. The lowest BCUT2D eigenvalue weighted by Crippen LogP contribution is -2.34. The Kier molecular flexibility index (Phi) is 7.09. The van der Waals surface area contributed by atoms with Crippen LogP contribution in [0.2, 0.25) is 0 Å². The number of carbonyl (C=O) groups excluding carboxylic acids is 2. The predicted molar refractivity (Wildman–Crippen MR) is 117 cm³/mol. The third-order valence-corrected chi connectivity index (χ3v) is 4.30. The van der Waals surface area contributed by atoms with E-state index in [9.17, 15) is 9.59 Å². The van der Waals surface area contributed by atoms with E-state index < -0.39 is 5.91 Å². The van der Waals surface area contributed by atoms with Crippen LogP contribution in [0.15, 0.2) is 78.9 Å². The van der Waals surface area contributed by atoms with E-state index in [4.69, 9.17) is 22.2 Å². The van der Waals surface area contributed by atoms with Gasteiger partial charge < -0.3 is 10.1 Å². The molecule has 7 nitrogen and oxygen atoms in total. The third-order valence-electron chi connectivity index (χ3n) is 4.10. The molecule has 0 fully saturated rings. The van der Waals surface area contributed by atoms with Crippen molar-refractivity contribution in [2.75, 3.05) is 5.32 Å². The number of anilines is 1. The normalized spacial score (nSPS) is 10.0. The summed E-state index contributed by atoms with van der Waals surface area (Å²) in [5.74, 6) is -0.324. The zero-order valence-corrected chi connectivity index (χ0v) is 16.6. The molecule has 0 aliphatic heterocycles. The van der Waals surface area contributed by atoms with Crippen molar-refractivity contribution in [2.24, 2.45) is 0 Å². The predicted octanol–water partition coefficient (Wildman–Crippen LogP) is 3.51. The molecule has 0 saturated heterocycles. The van der Waals surface area contributed by atoms with Crippen molar-refractivity contribution in [2.45, 2.75) is 6.61 Å². The Morgan fingerprint density at radius 3 is 2.07 bits per heavy atom. The van der Waals surface area contributed by atoms with Crippen LogP contribution in [0.5, 0.6) is 5.75 Å². The van der Waals surface area contributed by atoms with Crippen LogP contribution in [-0.4, -0.2) is 22.1 Å². The fraction of sp³-hybridized carbons (Fsp3) is 0.0455. The maximum atomic E-state index is 12.4. The van der Waals surface area contributed by atoms with Gasteiger partial charge in [0.25, 0.3) is 11.8 Å². The second kappa shape index (κ2) is 10.1. The van der Waals surface area contributed by atoms with Gasteiger partial charge in [-0.3, -0.25) is 20.1 Å². The number of rotatable bonds is 6. The molecule has 3 aromatic carbocycles. The number of thiocarbonyl (C=S) groups is 1. The number of nitrogens with one attached hydrogen (secondary N) is 3. The van der Waals surface area contributed by atoms with Crippen LogP contribution in [0, 0.1) is 0 Å². The van der Waals surface area contributed by atoms with Gasteiger partial charge in [-0.2, -0.15) is 0 Å². The van der Waals surface area contributed by atoms with Gasteiger partial charge in [0.2, 0.25) is 0 Å². The van der Waals surface area contributed by atoms with Gasteiger partial charge in [0.05, 0.1) is 0 Å². The number of amides is 2. The molecule has 0 atom stereocenters. The number of carbonyl (C=O) groups is 2. The van der Waals surface area contributed by atoms with Crippen LogP contribution >= 0.6 is 12.2 Å². The Balaban J connectivity index is 1.51. The highest BCUT2D eigenvalue weighted by Crippen LogP contribution is 2.15. The Morgan fingerprint density at radius 1 is 0.833 bits per heavy atom. The number of hydrogen-bond acceptors (Lipinski definition) is 5. The lowest BCUT2D eigenvalue weighted by Gasteiger charge is -2.11. The van der Waals surface area contributed by atoms with Crippen LogP contribution in [-0.2, 0) is 6.61 Å². The van der Waals surface area contributed by atoms with Crippen molar-refractivity contribution in [1.82, 2.24) is 10.8 Å². The SMILES string of the molecule is O=C(NO)c1ccc(NC(=S)NC(=O)c2ccc(OCc3ccccc3)cc2)cc1. The molecular formula is C22H19N3O4S. The molecule has 0 spiro atoms. The van der Waals surface area contributed by atoms with Gasteiger partial charge in [-0.25, -0.2) is 5.48 Å². The zero-order valence-electron chi connectivity index (χ0n) is 15.8. The highest BCUT2D eigenvalue weighted by molar-refractivity contribution is 7.80. The number of hydrogen-bond donors (Lipinski definition) is 4. The van der Waals surface area contributed by atoms with Crippen LogP contribution in [0.4, 0.5) is 5.69 Å². The summed E-state index contributed by atoms with van der Waals surface area (Å²) in [5, 5.41) is 14.2. The molecule has 0 aliphatic rings. The molecule has 4 N–H and O–H groups in total. The van der Waals surface area contributed by atoms with Gasteiger partial charge >= 0.3 is 0 Å². The summed E-state index contributed by atoms with van der Waals surface area (Å²) in [4.78, 5) is 23.7. The smallest absolute Gasteiger partial charge is 0.274 e. The summed E-state index contributed by atoms with van der Waals surface area (Å²) in [5.41, 5.74) is 3.91. The highest BCUT2D eigenvalue weighted by Gasteiger charge is 2.09. The monoisotopic (exact) mass is 421 g/mol. The Hall–Kier alpha value is -3.75. The van der Waals surface area contributed by atoms with E-state index in [0.717, 1.165) is 5.56 Å². The summed E-state index contributed by atoms with van der Waals surface area (Å²) in [6.45, 7) is 0.444. The number of benzene rings is 3. The molecule has 0 aromatic heterocycles. The lowest BCUT2D eigenvalue weighted by molar-refractivity contribution is 0.0706. The van der Waals surface area contributed by atoms with Crippen molar-refractivity contribution in [3.8, 4) is 5.75 Å². The topological polar surface area (TPSA) is 99.7 Å². The molecule has 30 heavy (non-hydrogen) atoms. The van der Waals surface area contributed by atoms with Crippen LogP contribution < -0.4 is 20.9 Å². The molecule has 152 valence electrons. The van der Waals surface area contributed by atoms with E-state index in [2.05, 4.69) is 10.6 Å². The molecule has 0 radical (unpaired) electrons. The summed E-state index contributed by atoms with van der Waals surface area (Å²) in [6, 6.07) is 22.8. The molecule has 0 saturated carbocycles. The first kappa shape index (κ1) is 21.0. The molecular weight excluding hydrogens is 402 g/mol. The zero-order chi connectivity index (χ0) is 21.3. The minimum absolute atomic E-state index is 0.115. The summed E-state index contributed by atoms with van der Waals surface area (Å²) < 4.78 is 5.71. The van der Waals surface area contributed by atoms with E-state index in [-0.39, 0.29) is 16.6 Å². The van der Waals surface area contributed by atoms with E-state index in [0.29, 0.717) is 23.6 Å². The number of ether oxygens (including phenoxy) is 1. The number of hydroxylamine groups is 1. The van der Waals surface area contributed by atoms with Crippen LogP contribution in [0.1, 0.15) is 26.3 Å². The van der Waals surface area contributed by atoms with Gasteiger partial charge in [0.1, 0.15) is 12.4 Å². The Labute approximate surface area is 178 Å². The second-order valence-electron chi connectivity index (χ2n) is 6.23. The largest absolute Gasteiger partial charge is 0.489 e. The van der Waals surface area contributed by atoms with Crippen LogP contribution in [0.3, 0.4) is 0 Å². The van der Waals surface area contributed by atoms with E-state index in [1.165, 1.54) is 12.1 Å². The quantitative estimate of drug-likeness (QED) is 0.276. The molecule has 0 heterocycles. The minimum atomic E-state index is -0.617. The van der Waals surface area contributed by atoms with Crippen molar-refractivity contribution in [3.63, 3.8) is 0 Å². The van der Waals surface area contributed by atoms with E-state index >= 15 is 0 Å². The van der Waals surface area contributed by atoms with E-state index in [1.807, 2.05) is 30.3 Å². The third kappa shape index (κ3) is 5.87. The van der Waals surface area contributed by atoms with Crippen molar-refractivity contribution < 1.29 is 19.5 Å². The van der Waals surface area contributed by atoms with Gasteiger partial charge in [0.15, 0.2) is 5.11 Å². The molecule has 2 amide bonds.